The van der Waals surface area contributed by atoms with Gasteiger partial charge in [0.25, 0.3) is 0 Å². The number of nitrogens with two attached hydrogens (primary N) is 1. The van der Waals surface area contributed by atoms with E-state index in [0.717, 1.165) is 0 Å². The van der Waals surface area contributed by atoms with E-state index in [1.165, 1.54) is 6.07 Å². The summed E-state index contributed by atoms with van der Waals surface area (Å²) in [7, 11) is 1.62. The van der Waals surface area contributed by atoms with Crippen LogP contribution in [0.5, 0.6) is 5.75 Å². The van der Waals surface area contributed by atoms with Crippen LogP contribution < -0.4 is 10.5 Å². The van der Waals surface area contributed by atoms with Gasteiger partial charge in [0.1, 0.15) is 0 Å². The molecule has 4 nitrogen and oxygen atoms in total. The van der Waals surface area contributed by atoms with Crippen molar-refractivity contribution in [1.29, 1.82) is 0 Å². The van der Waals surface area contributed by atoms with Gasteiger partial charge >= 0.3 is 0 Å². The van der Waals surface area contributed by atoms with Crippen LogP contribution in [-0.2, 0) is 9.47 Å². The zero-order valence-electron chi connectivity index (χ0n) is 11.7. The molecule has 0 radical (unpaired) electrons. The van der Waals surface area contributed by atoms with Gasteiger partial charge in [0.05, 0.1) is 26.4 Å². The summed E-state index contributed by atoms with van der Waals surface area (Å²) in [5.74, 6) is 5.35. The van der Waals surface area contributed by atoms with Crippen molar-refractivity contribution in [1.82, 2.24) is 0 Å². The predicted octanol–water partition coefficient (Wildman–Crippen LogP) is 1.57. The van der Waals surface area contributed by atoms with Crippen LogP contribution >= 0.6 is 0 Å². The average molecular weight is 281 g/mol. The lowest BCUT2D eigenvalue weighted by atomic mass is 10.2. The Labute approximate surface area is 119 Å². The zero-order chi connectivity index (χ0) is 14.6. The van der Waals surface area contributed by atoms with E-state index < -0.39 is 5.82 Å². The SMILES string of the molecule is COCCOCCCOc1cc(C#CCN)ccc1F. The number of benzene rings is 1. The summed E-state index contributed by atoms with van der Waals surface area (Å²) in [6, 6.07) is 4.51. The van der Waals surface area contributed by atoms with E-state index >= 15 is 0 Å². The van der Waals surface area contributed by atoms with E-state index in [2.05, 4.69) is 11.8 Å². The second-order valence-electron chi connectivity index (χ2n) is 3.96. The van der Waals surface area contributed by atoms with E-state index in [1.54, 1.807) is 19.2 Å². The van der Waals surface area contributed by atoms with Crippen LogP contribution in [-0.4, -0.2) is 40.1 Å². The fourth-order valence-corrected chi connectivity index (χ4v) is 1.43. The van der Waals surface area contributed by atoms with Crippen molar-refractivity contribution < 1.29 is 18.6 Å². The third-order valence-electron chi connectivity index (χ3n) is 2.39. The van der Waals surface area contributed by atoms with Crippen molar-refractivity contribution >= 4 is 0 Å². The lowest BCUT2D eigenvalue weighted by molar-refractivity contribution is 0.0642. The van der Waals surface area contributed by atoms with Crippen LogP contribution in [0.2, 0.25) is 0 Å². The van der Waals surface area contributed by atoms with Crippen molar-refractivity contribution in [2.45, 2.75) is 6.42 Å². The van der Waals surface area contributed by atoms with Gasteiger partial charge in [0.2, 0.25) is 0 Å². The molecule has 5 heteroatoms. The molecular weight excluding hydrogens is 261 g/mol. The van der Waals surface area contributed by atoms with E-state index in [4.69, 9.17) is 19.9 Å². The second kappa shape index (κ2) is 10.2. The maximum atomic E-state index is 13.5. The molecule has 0 heterocycles. The first-order valence-corrected chi connectivity index (χ1v) is 6.46. The molecule has 0 bridgehead atoms. The van der Waals surface area contributed by atoms with Gasteiger partial charge in [-0.1, -0.05) is 11.8 Å². The molecule has 0 atom stereocenters. The Hall–Kier alpha value is -1.61. The molecule has 0 aromatic heterocycles. The number of hydrogen-bond donors (Lipinski definition) is 1. The molecule has 0 fully saturated rings. The lowest BCUT2D eigenvalue weighted by Gasteiger charge is -2.08. The average Bonchev–Trinajstić information content (AvgIpc) is 2.46. The highest BCUT2D eigenvalue weighted by molar-refractivity contribution is 5.40. The Morgan fingerprint density at radius 1 is 1.20 bits per heavy atom. The fraction of sp³-hybridized carbons (Fsp3) is 0.467. The minimum atomic E-state index is -0.399. The Bertz CT molecular complexity index is 454. The molecule has 2 N–H and O–H groups in total. The zero-order valence-corrected chi connectivity index (χ0v) is 11.7. The molecule has 0 spiro atoms. The van der Waals surface area contributed by atoms with Crippen molar-refractivity contribution in [3.63, 3.8) is 0 Å². The minimum absolute atomic E-state index is 0.200. The van der Waals surface area contributed by atoms with Crippen LogP contribution in [0.15, 0.2) is 18.2 Å². The third-order valence-corrected chi connectivity index (χ3v) is 2.39. The fourth-order valence-electron chi connectivity index (χ4n) is 1.43. The first-order valence-electron chi connectivity index (χ1n) is 6.46. The summed E-state index contributed by atoms with van der Waals surface area (Å²) in [6.45, 7) is 2.33. The van der Waals surface area contributed by atoms with Crippen molar-refractivity contribution in [3.8, 4) is 17.6 Å². The maximum Gasteiger partial charge on any atom is 0.165 e. The number of methoxy groups -OCH3 is 1. The Morgan fingerprint density at radius 3 is 2.80 bits per heavy atom. The lowest BCUT2D eigenvalue weighted by Crippen LogP contribution is -2.07. The largest absolute Gasteiger partial charge is 0.490 e. The van der Waals surface area contributed by atoms with Gasteiger partial charge in [-0.05, 0) is 18.2 Å². The molecule has 0 saturated carbocycles. The van der Waals surface area contributed by atoms with Crippen LogP contribution in [0, 0.1) is 17.7 Å². The molecule has 20 heavy (non-hydrogen) atoms. The highest BCUT2D eigenvalue weighted by Crippen LogP contribution is 2.18. The smallest absolute Gasteiger partial charge is 0.165 e. The Morgan fingerprint density at radius 2 is 2.05 bits per heavy atom. The molecule has 1 aromatic carbocycles. The molecule has 0 aliphatic carbocycles. The summed E-state index contributed by atoms with van der Waals surface area (Å²) in [5.41, 5.74) is 5.97. The summed E-state index contributed by atoms with van der Waals surface area (Å²) < 4.78 is 29.0. The Kier molecular flexibility index (Phi) is 8.40. The quantitative estimate of drug-likeness (QED) is 0.580. The van der Waals surface area contributed by atoms with Crippen molar-refractivity contribution in [2.24, 2.45) is 5.73 Å². The van der Waals surface area contributed by atoms with Crippen LogP contribution in [0.1, 0.15) is 12.0 Å². The van der Waals surface area contributed by atoms with Crippen LogP contribution in [0.4, 0.5) is 4.39 Å². The molecule has 0 unspecified atom stereocenters. The van der Waals surface area contributed by atoms with Crippen LogP contribution in [0.3, 0.4) is 0 Å². The van der Waals surface area contributed by atoms with Crippen LogP contribution in [0.25, 0.3) is 0 Å². The molecule has 0 saturated heterocycles. The van der Waals surface area contributed by atoms with Gasteiger partial charge in [0.15, 0.2) is 11.6 Å². The van der Waals surface area contributed by atoms with Gasteiger partial charge < -0.3 is 19.9 Å². The molecule has 0 aliphatic heterocycles. The summed E-state index contributed by atoms with van der Waals surface area (Å²) in [5, 5.41) is 0. The standard InChI is InChI=1S/C15H20FNO3/c1-18-10-11-19-8-3-9-20-15-12-13(4-2-7-17)5-6-14(15)16/h5-6,12H,3,7-11,17H2,1H3. The Balaban J connectivity index is 2.35. The monoisotopic (exact) mass is 281 g/mol. The summed E-state index contributed by atoms with van der Waals surface area (Å²) >= 11 is 0. The van der Waals surface area contributed by atoms with Gasteiger partial charge in [0, 0.05) is 25.7 Å². The first-order chi connectivity index (χ1) is 9.77. The molecular formula is C15H20FNO3. The maximum absolute atomic E-state index is 13.5. The summed E-state index contributed by atoms with van der Waals surface area (Å²) in [6.07, 6.45) is 0.682. The number of hydrogen-bond acceptors (Lipinski definition) is 4. The topological polar surface area (TPSA) is 53.7 Å². The van der Waals surface area contributed by atoms with E-state index in [-0.39, 0.29) is 12.3 Å². The van der Waals surface area contributed by atoms with E-state index in [1.807, 2.05) is 0 Å². The first kappa shape index (κ1) is 16.4. The molecule has 0 amide bonds. The van der Waals surface area contributed by atoms with Gasteiger partial charge in [-0.3, -0.25) is 0 Å². The van der Waals surface area contributed by atoms with E-state index in [0.29, 0.717) is 38.4 Å². The van der Waals surface area contributed by atoms with Crippen molar-refractivity contribution in [2.75, 3.05) is 40.1 Å². The normalized spacial score (nSPS) is 9.95. The second-order valence-corrected chi connectivity index (χ2v) is 3.96. The number of halogens is 1. The molecule has 0 aliphatic rings. The third kappa shape index (κ3) is 6.53. The highest BCUT2D eigenvalue weighted by Gasteiger charge is 2.03. The van der Waals surface area contributed by atoms with Crippen molar-refractivity contribution in [3.05, 3.63) is 29.6 Å². The van der Waals surface area contributed by atoms with Gasteiger partial charge in [-0.15, -0.1) is 0 Å². The predicted molar refractivity (Wildman–Crippen MR) is 75.1 cm³/mol. The summed E-state index contributed by atoms with van der Waals surface area (Å²) in [4.78, 5) is 0. The highest BCUT2D eigenvalue weighted by atomic mass is 19.1. The molecule has 1 rings (SSSR count). The number of rotatable bonds is 8. The van der Waals surface area contributed by atoms with E-state index in [9.17, 15) is 4.39 Å². The molecule has 1 aromatic rings. The number of ether oxygens (including phenoxy) is 3. The minimum Gasteiger partial charge on any atom is -0.490 e. The molecule has 110 valence electrons. The van der Waals surface area contributed by atoms with Gasteiger partial charge in [-0.25, -0.2) is 4.39 Å². The van der Waals surface area contributed by atoms with Gasteiger partial charge in [-0.2, -0.15) is 0 Å².